The number of aromatic nitrogens is 3. The zero-order valence-electron chi connectivity index (χ0n) is 8.79. The van der Waals surface area contributed by atoms with Crippen LogP contribution in [0.5, 0.6) is 5.75 Å². The first-order chi connectivity index (χ1) is 7.66. The Kier molecular flexibility index (Phi) is 2.68. The van der Waals surface area contributed by atoms with E-state index < -0.39 is 0 Å². The number of hydrogen-bond donors (Lipinski definition) is 1. The van der Waals surface area contributed by atoms with E-state index in [0.717, 1.165) is 0 Å². The molecule has 0 spiro atoms. The lowest BCUT2D eigenvalue weighted by Gasteiger charge is -2.08. The van der Waals surface area contributed by atoms with Crippen molar-refractivity contribution in [2.75, 3.05) is 0 Å². The van der Waals surface area contributed by atoms with Gasteiger partial charge in [0.25, 0.3) is 5.56 Å². The van der Waals surface area contributed by atoms with Gasteiger partial charge in [-0.25, -0.2) is 0 Å². The minimum absolute atomic E-state index is 0.0158. The van der Waals surface area contributed by atoms with Crippen molar-refractivity contribution in [2.24, 2.45) is 0 Å². The zero-order valence-corrected chi connectivity index (χ0v) is 8.79. The van der Waals surface area contributed by atoms with Crippen LogP contribution in [-0.2, 0) is 6.54 Å². The van der Waals surface area contributed by atoms with Crippen LogP contribution in [0.25, 0.3) is 0 Å². The molecule has 2 aromatic rings. The average Bonchev–Trinajstić information content (AvgIpc) is 2.25. The topological polar surface area (TPSA) is 68.0 Å². The molecular formula is C11H11N3O2. The summed E-state index contributed by atoms with van der Waals surface area (Å²) in [5.41, 5.74) is 1.15. The highest BCUT2D eigenvalue weighted by Gasteiger charge is 2.04. The van der Waals surface area contributed by atoms with Crippen molar-refractivity contribution < 1.29 is 5.11 Å². The SMILES string of the molecule is Cc1cc(O)cc(=O)n1Cc1cnccn1. The number of rotatable bonds is 2. The van der Waals surface area contributed by atoms with Crippen LogP contribution in [0, 0.1) is 6.92 Å². The van der Waals surface area contributed by atoms with E-state index in [-0.39, 0.29) is 11.3 Å². The van der Waals surface area contributed by atoms with E-state index in [1.165, 1.54) is 16.7 Å². The standard InChI is InChI=1S/C11H11N3O2/c1-8-4-10(15)5-11(16)14(8)7-9-6-12-2-3-13-9/h2-6,15H,7H2,1H3. The summed E-state index contributed by atoms with van der Waals surface area (Å²) in [6.45, 7) is 2.12. The predicted octanol–water partition coefficient (Wildman–Crippen LogP) is 0.701. The summed E-state index contributed by atoms with van der Waals surface area (Å²) < 4.78 is 1.53. The Labute approximate surface area is 92.0 Å². The summed E-state index contributed by atoms with van der Waals surface area (Å²) >= 11 is 0. The first-order valence-electron chi connectivity index (χ1n) is 4.82. The number of pyridine rings is 1. The van der Waals surface area contributed by atoms with Crippen LogP contribution in [0.3, 0.4) is 0 Å². The second-order valence-electron chi connectivity index (χ2n) is 3.48. The van der Waals surface area contributed by atoms with Gasteiger partial charge in [0.1, 0.15) is 5.75 Å². The largest absolute Gasteiger partial charge is 0.508 e. The Morgan fingerprint density at radius 3 is 2.81 bits per heavy atom. The molecule has 0 aliphatic carbocycles. The molecule has 2 aromatic heterocycles. The summed E-state index contributed by atoms with van der Waals surface area (Å²) in [5.74, 6) is -0.0158. The first kappa shape index (κ1) is 10.4. The number of aryl methyl sites for hydroxylation is 1. The molecule has 0 saturated heterocycles. The molecule has 5 heteroatoms. The minimum atomic E-state index is -0.247. The fourth-order valence-electron chi connectivity index (χ4n) is 1.49. The van der Waals surface area contributed by atoms with Crippen LogP contribution in [0.15, 0.2) is 35.5 Å². The van der Waals surface area contributed by atoms with Crippen molar-refractivity contribution in [3.63, 3.8) is 0 Å². The second kappa shape index (κ2) is 4.14. The van der Waals surface area contributed by atoms with Crippen molar-refractivity contribution >= 4 is 0 Å². The smallest absolute Gasteiger partial charge is 0.254 e. The zero-order chi connectivity index (χ0) is 11.5. The molecule has 0 saturated carbocycles. The van der Waals surface area contributed by atoms with Gasteiger partial charge in [0, 0.05) is 24.2 Å². The van der Waals surface area contributed by atoms with Crippen LogP contribution in [0.1, 0.15) is 11.4 Å². The average molecular weight is 217 g/mol. The maximum absolute atomic E-state index is 11.6. The van der Waals surface area contributed by atoms with Crippen molar-refractivity contribution in [1.82, 2.24) is 14.5 Å². The maximum atomic E-state index is 11.6. The van der Waals surface area contributed by atoms with Gasteiger partial charge in [-0.1, -0.05) is 0 Å². The Morgan fingerprint density at radius 1 is 1.38 bits per heavy atom. The van der Waals surface area contributed by atoms with Crippen molar-refractivity contribution in [3.05, 3.63) is 52.5 Å². The van der Waals surface area contributed by atoms with Crippen molar-refractivity contribution in [1.29, 1.82) is 0 Å². The van der Waals surface area contributed by atoms with Gasteiger partial charge in [-0.3, -0.25) is 14.8 Å². The van der Waals surface area contributed by atoms with Crippen LogP contribution in [-0.4, -0.2) is 19.6 Å². The van der Waals surface area contributed by atoms with Gasteiger partial charge in [0.15, 0.2) is 0 Å². The molecular weight excluding hydrogens is 206 g/mol. The van der Waals surface area contributed by atoms with Gasteiger partial charge in [-0.2, -0.15) is 0 Å². The molecule has 2 heterocycles. The Hall–Kier alpha value is -2.17. The minimum Gasteiger partial charge on any atom is -0.508 e. The number of aromatic hydroxyl groups is 1. The number of hydrogen-bond acceptors (Lipinski definition) is 4. The van der Waals surface area contributed by atoms with Gasteiger partial charge in [-0.05, 0) is 13.0 Å². The quantitative estimate of drug-likeness (QED) is 0.804. The summed E-state index contributed by atoms with van der Waals surface area (Å²) in [4.78, 5) is 19.6. The summed E-state index contributed by atoms with van der Waals surface area (Å²) in [7, 11) is 0. The first-order valence-corrected chi connectivity index (χ1v) is 4.82. The molecule has 0 aliphatic heterocycles. The Balaban J connectivity index is 2.39. The Bertz CT molecular complexity index is 549. The van der Waals surface area contributed by atoms with Crippen LogP contribution >= 0.6 is 0 Å². The molecule has 0 aliphatic rings. The summed E-state index contributed by atoms with van der Waals surface area (Å²) in [6.07, 6.45) is 4.77. The molecule has 0 radical (unpaired) electrons. The molecule has 2 rings (SSSR count). The fraction of sp³-hybridized carbons (Fsp3) is 0.182. The van der Waals surface area contributed by atoms with E-state index >= 15 is 0 Å². The van der Waals surface area contributed by atoms with E-state index in [1.807, 2.05) is 0 Å². The highest BCUT2D eigenvalue weighted by molar-refractivity contribution is 5.22. The van der Waals surface area contributed by atoms with E-state index in [1.54, 1.807) is 25.5 Å². The maximum Gasteiger partial charge on any atom is 0.254 e. The van der Waals surface area contributed by atoms with Gasteiger partial charge >= 0.3 is 0 Å². The molecule has 0 atom stereocenters. The second-order valence-corrected chi connectivity index (χ2v) is 3.48. The third-order valence-electron chi connectivity index (χ3n) is 2.26. The number of nitrogens with zero attached hydrogens (tertiary/aromatic N) is 3. The van der Waals surface area contributed by atoms with E-state index in [0.29, 0.717) is 17.9 Å². The van der Waals surface area contributed by atoms with E-state index in [9.17, 15) is 9.90 Å². The molecule has 0 bridgehead atoms. The highest BCUT2D eigenvalue weighted by atomic mass is 16.3. The molecule has 82 valence electrons. The molecule has 0 aromatic carbocycles. The lowest BCUT2D eigenvalue weighted by Crippen LogP contribution is -2.22. The normalized spacial score (nSPS) is 10.3. The third-order valence-corrected chi connectivity index (χ3v) is 2.26. The monoisotopic (exact) mass is 217 g/mol. The lowest BCUT2D eigenvalue weighted by atomic mass is 10.3. The molecule has 5 nitrogen and oxygen atoms in total. The van der Waals surface area contributed by atoms with Crippen LogP contribution < -0.4 is 5.56 Å². The van der Waals surface area contributed by atoms with Crippen LogP contribution in [0.4, 0.5) is 0 Å². The Morgan fingerprint density at radius 2 is 2.19 bits per heavy atom. The molecule has 0 fully saturated rings. The van der Waals surface area contributed by atoms with Crippen molar-refractivity contribution in [3.8, 4) is 5.75 Å². The van der Waals surface area contributed by atoms with Gasteiger partial charge in [0.2, 0.25) is 0 Å². The molecule has 0 amide bonds. The molecule has 16 heavy (non-hydrogen) atoms. The highest BCUT2D eigenvalue weighted by Crippen LogP contribution is 2.07. The fourth-order valence-corrected chi connectivity index (χ4v) is 1.49. The van der Waals surface area contributed by atoms with Gasteiger partial charge in [-0.15, -0.1) is 0 Å². The third kappa shape index (κ3) is 2.08. The van der Waals surface area contributed by atoms with Crippen molar-refractivity contribution in [2.45, 2.75) is 13.5 Å². The van der Waals surface area contributed by atoms with E-state index in [2.05, 4.69) is 9.97 Å². The van der Waals surface area contributed by atoms with Gasteiger partial charge in [0.05, 0.1) is 18.4 Å². The lowest BCUT2D eigenvalue weighted by molar-refractivity contribution is 0.470. The van der Waals surface area contributed by atoms with Gasteiger partial charge < -0.3 is 9.67 Å². The molecule has 0 unspecified atom stereocenters. The predicted molar refractivity (Wildman–Crippen MR) is 58.2 cm³/mol. The van der Waals surface area contributed by atoms with E-state index in [4.69, 9.17) is 0 Å². The summed E-state index contributed by atoms with van der Waals surface area (Å²) in [6, 6.07) is 2.72. The summed E-state index contributed by atoms with van der Waals surface area (Å²) in [5, 5.41) is 9.24. The molecule has 1 N–H and O–H groups in total. The van der Waals surface area contributed by atoms with Crippen LogP contribution in [0.2, 0.25) is 0 Å².